The molecule has 27 heavy (non-hydrogen) atoms. The second-order valence-electron chi connectivity index (χ2n) is 6.11. The van der Waals surface area contributed by atoms with Gasteiger partial charge in [0.25, 0.3) is 0 Å². The van der Waals surface area contributed by atoms with E-state index in [4.69, 9.17) is 15.2 Å². The number of nitrogens with zero attached hydrogens (tertiary/aromatic N) is 3. The zero-order valence-electron chi connectivity index (χ0n) is 15.5. The van der Waals surface area contributed by atoms with Gasteiger partial charge in [0.1, 0.15) is 29.5 Å². The molecule has 1 heterocycles. The molecule has 6 heteroatoms. The number of fused-ring (bicyclic) bond motifs is 1. The summed E-state index contributed by atoms with van der Waals surface area (Å²) in [6, 6.07) is 9.83. The molecule has 6 nitrogen and oxygen atoms in total. The second kappa shape index (κ2) is 6.86. The topological polar surface area (TPSA) is 105 Å². The second-order valence-corrected chi connectivity index (χ2v) is 6.11. The van der Waals surface area contributed by atoms with Crippen LogP contribution in [0.1, 0.15) is 34.9 Å². The lowest BCUT2D eigenvalue weighted by Gasteiger charge is -2.12. The molecular weight excluding hydrogens is 340 g/mol. The van der Waals surface area contributed by atoms with Gasteiger partial charge >= 0.3 is 0 Å². The summed E-state index contributed by atoms with van der Waals surface area (Å²) in [5, 5.41) is 19.1. The lowest BCUT2D eigenvalue weighted by atomic mass is 9.95. The third kappa shape index (κ3) is 2.78. The minimum atomic E-state index is 0.137. The Morgan fingerprint density at radius 3 is 2.44 bits per heavy atom. The summed E-state index contributed by atoms with van der Waals surface area (Å²) >= 11 is 0. The number of allylic oxidation sites excluding steroid dienone is 3. The Hall–Kier alpha value is -3.77. The molecule has 1 aliphatic rings. The minimum Gasteiger partial charge on any atom is -0.497 e. The van der Waals surface area contributed by atoms with Crippen molar-refractivity contribution in [1.29, 1.82) is 10.5 Å². The van der Waals surface area contributed by atoms with Crippen molar-refractivity contribution < 1.29 is 9.47 Å². The molecule has 0 saturated heterocycles. The molecule has 134 valence electrons. The van der Waals surface area contributed by atoms with Crippen molar-refractivity contribution in [3.8, 4) is 23.6 Å². The van der Waals surface area contributed by atoms with Gasteiger partial charge in [-0.2, -0.15) is 10.5 Å². The largest absolute Gasteiger partial charge is 0.497 e. The highest BCUT2D eigenvalue weighted by Gasteiger charge is 2.29. The van der Waals surface area contributed by atoms with E-state index in [2.05, 4.69) is 17.1 Å². The zero-order valence-corrected chi connectivity index (χ0v) is 15.5. The number of hydrogen-bond donors (Lipinski definition) is 1. The highest BCUT2D eigenvalue weighted by molar-refractivity contribution is 6.09. The van der Waals surface area contributed by atoms with Crippen molar-refractivity contribution in [3.63, 3.8) is 0 Å². The van der Waals surface area contributed by atoms with Crippen LogP contribution >= 0.6 is 0 Å². The van der Waals surface area contributed by atoms with Crippen LogP contribution < -0.4 is 15.2 Å². The zero-order chi connectivity index (χ0) is 19.7. The van der Waals surface area contributed by atoms with E-state index >= 15 is 0 Å². The van der Waals surface area contributed by atoms with E-state index in [0.717, 1.165) is 22.3 Å². The summed E-state index contributed by atoms with van der Waals surface area (Å²) in [7, 11) is 3.18. The van der Waals surface area contributed by atoms with Gasteiger partial charge < -0.3 is 15.2 Å². The minimum absolute atomic E-state index is 0.137. The molecular formula is C21H18N4O2. The summed E-state index contributed by atoms with van der Waals surface area (Å²) in [6.07, 6.45) is 1.93. The quantitative estimate of drug-likeness (QED) is 0.896. The van der Waals surface area contributed by atoms with Crippen LogP contribution in [-0.2, 0) is 0 Å². The molecule has 2 aromatic rings. The smallest absolute Gasteiger partial charge is 0.142 e. The van der Waals surface area contributed by atoms with Crippen molar-refractivity contribution in [1.82, 2.24) is 4.98 Å². The highest BCUT2D eigenvalue weighted by atomic mass is 16.5. The molecule has 1 aromatic carbocycles. The molecule has 0 fully saturated rings. The van der Waals surface area contributed by atoms with Gasteiger partial charge in [0.15, 0.2) is 0 Å². The van der Waals surface area contributed by atoms with Crippen LogP contribution in [0.15, 0.2) is 23.8 Å². The van der Waals surface area contributed by atoms with Gasteiger partial charge in [0.2, 0.25) is 0 Å². The van der Waals surface area contributed by atoms with E-state index in [1.807, 2.05) is 32.1 Å². The molecule has 0 spiro atoms. The van der Waals surface area contributed by atoms with E-state index in [9.17, 15) is 10.5 Å². The number of benzene rings is 1. The van der Waals surface area contributed by atoms with E-state index < -0.39 is 0 Å². The first kappa shape index (κ1) is 18.0. The number of rotatable bonds is 3. The SMILES string of the molecule is COc1ccc(C=C2C(C)=C(C#N)c3nc(N)c(C#N)c(C)c32)c(OC)c1. The van der Waals surface area contributed by atoms with E-state index in [-0.39, 0.29) is 5.82 Å². The van der Waals surface area contributed by atoms with Gasteiger partial charge in [0.05, 0.1) is 31.1 Å². The van der Waals surface area contributed by atoms with Crippen LogP contribution in [0.4, 0.5) is 5.82 Å². The molecule has 0 atom stereocenters. The van der Waals surface area contributed by atoms with Crippen molar-refractivity contribution in [2.45, 2.75) is 13.8 Å². The molecule has 0 unspecified atom stereocenters. The maximum atomic E-state index is 9.62. The molecule has 3 rings (SSSR count). The predicted molar refractivity (Wildman–Crippen MR) is 104 cm³/mol. The fourth-order valence-corrected chi connectivity index (χ4v) is 3.29. The Balaban J connectivity index is 2.31. The molecule has 1 aromatic heterocycles. The molecule has 0 aliphatic heterocycles. The van der Waals surface area contributed by atoms with Crippen LogP contribution in [0.2, 0.25) is 0 Å². The maximum Gasteiger partial charge on any atom is 0.142 e. The van der Waals surface area contributed by atoms with Crippen molar-refractivity contribution in [3.05, 3.63) is 51.7 Å². The number of nitriles is 2. The lowest BCUT2D eigenvalue weighted by molar-refractivity contribution is 0.394. The van der Waals surface area contributed by atoms with Gasteiger partial charge in [-0.25, -0.2) is 4.98 Å². The number of nitrogens with two attached hydrogens (primary N) is 1. The highest BCUT2D eigenvalue weighted by Crippen LogP contribution is 2.44. The predicted octanol–water partition coefficient (Wildman–Crippen LogP) is 3.71. The third-order valence-corrected chi connectivity index (χ3v) is 4.72. The van der Waals surface area contributed by atoms with Gasteiger partial charge in [-0.1, -0.05) is 0 Å². The number of aromatic nitrogens is 1. The Labute approximate surface area is 157 Å². The van der Waals surface area contributed by atoms with E-state index in [0.29, 0.717) is 33.9 Å². The number of methoxy groups -OCH3 is 2. The number of hydrogen-bond acceptors (Lipinski definition) is 6. The summed E-state index contributed by atoms with van der Waals surface area (Å²) < 4.78 is 10.7. The average molecular weight is 358 g/mol. The fraction of sp³-hybridized carbons (Fsp3) is 0.190. The molecule has 2 N–H and O–H groups in total. The van der Waals surface area contributed by atoms with E-state index in [1.165, 1.54) is 0 Å². The van der Waals surface area contributed by atoms with Crippen LogP contribution in [0.3, 0.4) is 0 Å². The number of pyridine rings is 1. The summed E-state index contributed by atoms with van der Waals surface area (Å²) in [5.74, 6) is 1.46. The van der Waals surface area contributed by atoms with Crippen molar-refractivity contribution in [2.24, 2.45) is 0 Å². The van der Waals surface area contributed by atoms with Crippen molar-refractivity contribution >= 4 is 23.0 Å². The standard InChI is InChI=1S/C21H18N4O2/c1-11-15(7-13-5-6-14(26-3)8-18(13)27-4)19-12(2)17(10-23)21(24)25-20(19)16(11)9-22/h5-8H,1-4H3,(H2,24,25). The summed E-state index contributed by atoms with van der Waals surface area (Å²) in [4.78, 5) is 4.33. The van der Waals surface area contributed by atoms with Crippen LogP contribution in [0.25, 0.3) is 17.2 Å². The Kier molecular flexibility index (Phi) is 4.58. The third-order valence-electron chi connectivity index (χ3n) is 4.72. The number of anilines is 1. The normalized spacial score (nSPS) is 13.9. The maximum absolute atomic E-state index is 9.62. The molecule has 0 bridgehead atoms. The summed E-state index contributed by atoms with van der Waals surface area (Å²) in [6.45, 7) is 3.69. The first-order chi connectivity index (χ1) is 13.0. The Morgan fingerprint density at radius 1 is 1.11 bits per heavy atom. The Bertz CT molecular complexity index is 1100. The fourth-order valence-electron chi connectivity index (χ4n) is 3.29. The molecule has 1 aliphatic carbocycles. The van der Waals surface area contributed by atoms with Crippen LogP contribution in [0.5, 0.6) is 11.5 Å². The lowest BCUT2D eigenvalue weighted by Crippen LogP contribution is -2.03. The monoisotopic (exact) mass is 358 g/mol. The molecule has 0 saturated carbocycles. The van der Waals surface area contributed by atoms with Gasteiger partial charge in [0, 0.05) is 17.2 Å². The molecule has 0 amide bonds. The van der Waals surface area contributed by atoms with Crippen molar-refractivity contribution in [2.75, 3.05) is 20.0 Å². The van der Waals surface area contributed by atoms with Gasteiger partial charge in [-0.3, -0.25) is 0 Å². The Morgan fingerprint density at radius 2 is 1.85 bits per heavy atom. The van der Waals surface area contributed by atoms with Crippen LogP contribution in [-0.4, -0.2) is 19.2 Å². The molecule has 0 radical (unpaired) electrons. The van der Waals surface area contributed by atoms with Crippen LogP contribution in [0, 0.1) is 29.6 Å². The number of nitrogen functional groups attached to an aromatic ring is 1. The summed E-state index contributed by atoms with van der Waals surface area (Å²) in [5.41, 5.74) is 11.1. The van der Waals surface area contributed by atoms with E-state index in [1.54, 1.807) is 20.3 Å². The first-order valence-electron chi connectivity index (χ1n) is 8.22. The average Bonchev–Trinajstić information content (AvgIpc) is 2.93. The first-order valence-corrected chi connectivity index (χ1v) is 8.22. The van der Waals surface area contributed by atoms with Gasteiger partial charge in [-0.05, 0) is 48.8 Å². The van der Waals surface area contributed by atoms with Gasteiger partial charge in [-0.15, -0.1) is 0 Å². The number of ether oxygens (including phenoxy) is 2.